The number of aromatic nitrogens is 5. The third-order valence-corrected chi connectivity index (χ3v) is 7.12. The van der Waals surface area contributed by atoms with E-state index in [0.717, 1.165) is 34.8 Å². The van der Waals surface area contributed by atoms with Crippen molar-refractivity contribution in [1.29, 1.82) is 0 Å². The van der Waals surface area contributed by atoms with E-state index in [1.807, 2.05) is 60.4 Å². The van der Waals surface area contributed by atoms with Crippen LogP contribution in [-0.4, -0.2) is 63.2 Å². The van der Waals surface area contributed by atoms with E-state index in [1.165, 1.54) is 12.1 Å². The molecule has 2 N–H and O–H groups in total. The molecule has 0 saturated carbocycles. The van der Waals surface area contributed by atoms with Gasteiger partial charge in [-0.25, -0.2) is 24.5 Å². The first kappa shape index (κ1) is 32.7. The molecular weight excluding hydrogens is 598 g/mol. The molecule has 0 unspecified atom stereocenters. The number of carbonyl (C=O) groups excluding carboxylic acids is 1. The molecule has 0 aliphatic carbocycles. The zero-order valence-corrected chi connectivity index (χ0v) is 25.7. The zero-order chi connectivity index (χ0) is 33.2. The maximum atomic E-state index is 11.5. The zero-order valence-electron chi connectivity index (χ0n) is 25.7. The van der Waals surface area contributed by atoms with Gasteiger partial charge in [0.25, 0.3) is 0 Å². The van der Waals surface area contributed by atoms with Crippen LogP contribution in [-0.2, 0) is 39.3 Å². The maximum Gasteiger partial charge on any atom is 0.354 e. The van der Waals surface area contributed by atoms with Crippen molar-refractivity contribution in [2.45, 2.75) is 46.2 Å². The Labute approximate surface area is 271 Å². The van der Waals surface area contributed by atoms with E-state index in [1.54, 1.807) is 30.3 Å². The van der Waals surface area contributed by atoms with Crippen LogP contribution in [0.15, 0.2) is 91.0 Å². The van der Waals surface area contributed by atoms with Gasteiger partial charge >= 0.3 is 11.9 Å². The summed E-state index contributed by atoms with van der Waals surface area (Å²) >= 11 is 0. The molecule has 47 heavy (non-hydrogen) atoms. The summed E-state index contributed by atoms with van der Waals surface area (Å²) in [5, 5.41) is 18.9. The molecule has 0 spiro atoms. The molecule has 0 amide bonds. The molecule has 5 rings (SSSR count). The summed E-state index contributed by atoms with van der Waals surface area (Å²) in [4.78, 5) is 61.2. The van der Waals surface area contributed by atoms with Crippen molar-refractivity contribution < 1.29 is 24.6 Å². The molecule has 0 saturated heterocycles. The number of pyridine rings is 5. The Balaban J connectivity index is 1.40. The predicted molar refractivity (Wildman–Crippen MR) is 171 cm³/mol. The van der Waals surface area contributed by atoms with Gasteiger partial charge in [0.15, 0.2) is 6.29 Å². The molecule has 0 atom stereocenters. The van der Waals surface area contributed by atoms with Gasteiger partial charge in [-0.3, -0.25) is 24.6 Å². The number of carboxylic acids is 2. The highest BCUT2D eigenvalue weighted by molar-refractivity contribution is 5.85. The Hall–Kier alpha value is -5.72. The summed E-state index contributed by atoms with van der Waals surface area (Å²) in [6, 6.07) is 26.7. The van der Waals surface area contributed by atoms with Crippen LogP contribution in [0.25, 0.3) is 0 Å². The fourth-order valence-electron chi connectivity index (χ4n) is 5.13. The molecule has 5 aromatic heterocycles. The Morgan fingerprint density at radius 2 is 0.894 bits per heavy atom. The number of hydrogen-bond donors (Lipinski definition) is 2. The average Bonchev–Trinajstić information content (AvgIpc) is 3.05. The van der Waals surface area contributed by atoms with Gasteiger partial charge in [-0.1, -0.05) is 30.3 Å². The third-order valence-electron chi connectivity index (χ3n) is 7.12. The van der Waals surface area contributed by atoms with Gasteiger partial charge < -0.3 is 10.2 Å². The number of carboxylic acid groups (broad SMARTS) is 2. The summed E-state index contributed by atoms with van der Waals surface area (Å²) in [6.45, 7) is 4.32. The van der Waals surface area contributed by atoms with E-state index in [0.29, 0.717) is 43.3 Å². The van der Waals surface area contributed by atoms with E-state index in [2.05, 4.69) is 24.8 Å². The van der Waals surface area contributed by atoms with E-state index in [4.69, 9.17) is 4.98 Å². The summed E-state index contributed by atoms with van der Waals surface area (Å²) in [7, 11) is 0. The highest BCUT2D eigenvalue weighted by Crippen LogP contribution is 2.16. The van der Waals surface area contributed by atoms with Crippen LogP contribution in [0, 0.1) is 6.92 Å². The van der Waals surface area contributed by atoms with Crippen LogP contribution < -0.4 is 0 Å². The molecule has 12 heteroatoms. The van der Waals surface area contributed by atoms with Gasteiger partial charge in [-0.2, -0.15) is 0 Å². The Bertz CT molecular complexity index is 1820. The van der Waals surface area contributed by atoms with Gasteiger partial charge in [0.2, 0.25) is 0 Å². The number of hydrogen-bond acceptors (Lipinski definition) is 10. The molecule has 5 heterocycles. The summed E-state index contributed by atoms with van der Waals surface area (Å²) in [5.41, 5.74) is 5.42. The lowest BCUT2D eigenvalue weighted by atomic mass is 10.2. The quantitative estimate of drug-likeness (QED) is 0.155. The molecule has 0 aromatic carbocycles. The minimum absolute atomic E-state index is 0.0649. The first-order chi connectivity index (χ1) is 22.7. The van der Waals surface area contributed by atoms with Gasteiger partial charge in [0.05, 0.1) is 34.2 Å². The molecular formula is C35H33N7O5. The normalized spacial score (nSPS) is 11.1. The van der Waals surface area contributed by atoms with Crippen molar-refractivity contribution in [3.8, 4) is 0 Å². The Kier molecular flexibility index (Phi) is 10.8. The number of carbonyl (C=O) groups is 3. The molecule has 12 nitrogen and oxygen atoms in total. The van der Waals surface area contributed by atoms with Gasteiger partial charge in [0.1, 0.15) is 17.1 Å². The maximum absolute atomic E-state index is 11.5. The Morgan fingerprint density at radius 3 is 1.32 bits per heavy atom. The van der Waals surface area contributed by atoms with Crippen LogP contribution in [0.4, 0.5) is 0 Å². The molecule has 238 valence electrons. The van der Waals surface area contributed by atoms with Gasteiger partial charge in [0, 0.05) is 45.0 Å². The largest absolute Gasteiger partial charge is 0.477 e. The molecule has 0 radical (unpaired) electrons. The van der Waals surface area contributed by atoms with Gasteiger partial charge in [-0.15, -0.1) is 0 Å². The van der Waals surface area contributed by atoms with E-state index >= 15 is 0 Å². The number of rotatable bonds is 15. The highest BCUT2D eigenvalue weighted by Gasteiger charge is 2.16. The van der Waals surface area contributed by atoms with Crippen molar-refractivity contribution in [2.24, 2.45) is 0 Å². The smallest absolute Gasteiger partial charge is 0.354 e. The first-order valence-electron chi connectivity index (χ1n) is 14.9. The molecule has 0 fully saturated rings. The van der Waals surface area contributed by atoms with E-state index in [9.17, 15) is 24.6 Å². The number of aldehydes is 1. The van der Waals surface area contributed by atoms with Crippen LogP contribution in [0.2, 0.25) is 0 Å². The SMILES string of the molecule is Cc1cccc(CN(Cc2cccc(C=O)n2)Cc2cccc(CN(Cc3cccc(C(=O)O)n3)Cc3cccc(C(=O)O)n3)n2)n1. The van der Waals surface area contributed by atoms with Crippen LogP contribution >= 0.6 is 0 Å². The lowest BCUT2D eigenvalue weighted by molar-refractivity contribution is 0.0679. The van der Waals surface area contributed by atoms with Crippen molar-refractivity contribution in [1.82, 2.24) is 34.7 Å². The second-order valence-corrected chi connectivity index (χ2v) is 11.0. The van der Waals surface area contributed by atoms with Crippen LogP contribution in [0.3, 0.4) is 0 Å². The lowest BCUT2D eigenvalue weighted by Crippen LogP contribution is -2.26. The standard InChI is InChI=1S/C35H33N7O5/c1-24-7-2-8-25(36-24)17-41(20-28-11-4-14-31(23-43)38-28)18-26-9-3-10-27(37-26)19-42(21-29-12-5-15-32(39-29)34(44)45)22-30-13-6-16-33(40-30)35(46)47/h2-16,23H,17-22H2,1H3,(H,44,45)(H,46,47). The second kappa shape index (κ2) is 15.5. The predicted octanol–water partition coefficient (Wildman–Crippen LogP) is 4.58. The fraction of sp³-hybridized carbons (Fsp3) is 0.200. The lowest BCUT2D eigenvalue weighted by Gasteiger charge is -2.23. The topological polar surface area (TPSA) is 163 Å². The highest BCUT2D eigenvalue weighted by atomic mass is 16.4. The van der Waals surface area contributed by atoms with Crippen molar-refractivity contribution in [2.75, 3.05) is 0 Å². The average molecular weight is 632 g/mol. The van der Waals surface area contributed by atoms with Crippen LogP contribution in [0.5, 0.6) is 0 Å². The van der Waals surface area contributed by atoms with Crippen molar-refractivity contribution >= 4 is 18.2 Å². The minimum Gasteiger partial charge on any atom is -0.477 e. The third kappa shape index (κ3) is 9.63. The van der Waals surface area contributed by atoms with Gasteiger partial charge in [-0.05, 0) is 67.6 Å². The fourth-order valence-corrected chi connectivity index (χ4v) is 5.13. The van der Waals surface area contributed by atoms with E-state index in [-0.39, 0.29) is 24.5 Å². The van der Waals surface area contributed by atoms with Crippen molar-refractivity contribution in [3.63, 3.8) is 0 Å². The Morgan fingerprint density at radius 1 is 0.532 bits per heavy atom. The van der Waals surface area contributed by atoms with Crippen LogP contribution in [0.1, 0.15) is 71.3 Å². The van der Waals surface area contributed by atoms with Crippen molar-refractivity contribution in [3.05, 3.63) is 148 Å². The number of aromatic carboxylic acids is 2. The molecule has 0 aliphatic rings. The number of nitrogens with zero attached hydrogens (tertiary/aromatic N) is 7. The summed E-state index contributed by atoms with van der Waals surface area (Å²) < 4.78 is 0. The van der Waals surface area contributed by atoms with E-state index < -0.39 is 11.9 Å². The monoisotopic (exact) mass is 631 g/mol. The molecule has 5 aromatic rings. The summed E-state index contributed by atoms with van der Waals surface area (Å²) in [5.74, 6) is -2.25. The first-order valence-corrected chi connectivity index (χ1v) is 14.9. The molecule has 0 aliphatic heterocycles. The minimum atomic E-state index is -1.12. The summed E-state index contributed by atoms with van der Waals surface area (Å²) in [6.07, 6.45) is 0.730. The second-order valence-electron chi connectivity index (χ2n) is 11.0. The molecule has 0 bridgehead atoms. The number of aryl methyl sites for hydroxylation is 1.